The summed E-state index contributed by atoms with van der Waals surface area (Å²) in [6.07, 6.45) is 11.7. The number of carbonyl (C=O) groups is 1. The first kappa shape index (κ1) is 26.8. The van der Waals surface area contributed by atoms with Crippen molar-refractivity contribution in [3.8, 4) is 39.4 Å². The van der Waals surface area contributed by atoms with Crippen LogP contribution < -0.4 is 10.1 Å². The lowest BCUT2D eigenvalue weighted by Gasteiger charge is -2.20. The summed E-state index contributed by atoms with van der Waals surface area (Å²) >= 11 is 0. The minimum absolute atomic E-state index is 0.0434. The number of carbonyl (C=O) groups excluding carboxylic acids is 1. The van der Waals surface area contributed by atoms with Gasteiger partial charge in [0.15, 0.2) is 0 Å². The predicted octanol–water partition coefficient (Wildman–Crippen LogP) is 7.89. The van der Waals surface area contributed by atoms with Gasteiger partial charge in [0.25, 0.3) is 0 Å². The number of benzene rings is 2. The average molecular weight is 575 g/mol. The fourth-order valence-corrected chi connectivity index (χ4v) is 6.17. The van der Waals surface area contributed by atoms with Gasteiger partial charge in [-0.3, -0.25) is 14.9 Å². The Morgan fingerprint density at radius 3 is 2.72 bits per heavy atom. The van der Waals surface area contributed by atoms with E-state index in [1.54, 1.807) is 24.7 Å². The normalized spacial score (nSPS) is 13.9. The smallest absolute Gasteiger partial charge is 0.224 e. The summed E-state index contributed by atoms with van der Waals surface area (Å²) in [5.74, 6) is 0.591. The van der Waals surface area contributed by atoms with E-state index in [0.717, 1.165) is 57.2 Å². The van der Waals surface area contributed by atoms with Crippen molar-refractivity contribution in [3.63, 3.8) is 0 Å². The first-order valence-corrected chi connectivity index (χ1v) is 14.6. The molecule has 0 atom stereocenters. The van der Waals surface area contributed by atoms with E-state index in [0.29, 0.717) is 35.0 Å². The zero-order valence-corrected chi connectivity index (χ0v) is 23.8. The van der Waals surface area contributed by atoms with Gasteiger partial charge in [0, 0.05) is 41.2 Å². The fourth-order valence-electron chi connectivity index (χ4n) is 6.17. The quantitative estimate of drug-likeness (QED) is 0.180. The summed E-state index contributed by atoms with van der Waals surface area (Å²) in [7, 11) is 1.52. The molecule has 0 aliphatic heterocycles. The summed E-state index contributed by atoms with van der Waals surface area (Å²) in [6.45, 7) is 0. The Bertz CT molecular complexity index is 1960. The van der Waals surface area contributed by atoms with Gasteiger partial charge in [0.1, 0.15) is 22.9 Å². The molecule has 9 heteroatoms. The number of anilines is 1. The molecule has 2 aromatic carbocycles. The maximum absolute atomic E-state index is 14.3. The maximum atomic E-state index is 14.3. The van der Waals surface area contributed by atoms with Crippen LogP contribution in [0.1, 0.15) is 38.5 Å². The molecular formula is C34H31FN6O2. The van der Waals surface area contributed by atoms with Crippen molar-refractivity contribution >= 4 is 33.5 Å². The van der Waals surface area contributed by atoms with Crippen molar-refractivity contribution in [3.05, 3.63) is 79.0 Å². The number of methoxy groups -OCH3 is 1. The molecule has 0 unspecified atom stereocenters. The highest BCUT2D eigenvalue weighted by Gasteiger charge is 2.18. The number of H-pyrrole nitrogens is 2. The summed E-state index contributed by atoms with van der Waals surface area (Å²) in [4.78, 5) is 25.0. The van der Waals surface area contributed by atoms with Crippen LogP contribution in [0.2, 0.25) is 0 Å². The number of aromatic amines is 2. The largest absolute Gasteiger partial charge is 0.497 e. The molecule has 0 spiro atoms. The molecule has 1 amide bonds. The summed E-state index contributed by atoms with van der Waals surface area (Å²) in [5, 5.41) is 12.6. The van der Waals surface area contributed by atoms with Crippen molar-refractivity contribution in [1.29, 1.82) is 0 Å². The van der Waals surface area contributed by atoms with Gasteiger partial charge < -0.3 is 15.0 Å². The van der Waals surface area contributed by atoms with E-state index in [9.17, 15) is 9.18 Å². The number of hydrogen-bond donors (Lipinski definition) is 3. The third kappa shape index (κ3) is 5.46. The van der Waals surface area contributed by atoms with Gasteiger partial charge in [-0.2, -0.15) is 5.10 Å². The Morgan fingerprint density at radius 1 is 0.977 bits per heavy atom. The summed E-state index contributed by atoms with van der Waals surface area (Å²) in [5.41, 5.74) is 7.13. The van der Waals surface area contributed by atoms with Gasteiger partial charge in [0.2, 0.25) is 5.91 Å². The Morgan fingerprint density at radius 2 is 1.86 bits per heavy atom. The number of fused-ring (bicyclic) bond motifs is 2. The molecule has 4 aromatic heterocycles. The third-order valence-corrected chi connectivity index (χ3v) is 8.32. The van der Waals surface area contributed by atoms with E-state index in [2.05, 4.69) is 36.5 Å². The minimum Gasteiger partial charge on any atom is -0.497 e. The molecule has 43 heavy (non-hydrogen) atoms. The van der Waals surface area contributed by atoms with Gasteiger partial charge in [0.05, 0.1) is 30.2 Å². The molecule has 3 N–H and O–H groups in total. The number of hydrogen-bond acceptors (Lipinski definition) is 5. The summed E-state index contributed by atoms with van der Waals surface area (Å²) < 4.78 is 19.6. The first-order chi connectivity index (χ1) is 21.0. The number of nitrogens with one attached hydrogen (secondary N) is 3. The first-order valence-electron chi connectivity index (χ1n) is 14.6. The average Bonchev–Trinajstić information content (AvgIpc) is 3.65. The Hall–Kier alpha value is -5.05. The van der Waals surface area contributed by atoms with Crippen LogP contribution in [0, 0.1) is 11.7 Å². The lowest BCUT2D eigenvalue weighted by Crippen LogP contribution is -2.18. The van der Waals surface area contributed by atoms with Gasteiger partial charge in [-0.25, -0.2) is 9.37 Å². The van der Waals surface area contributed by atoms with Crippen molar-refractivity contribution in [2.75, 3.05) is 12.4 Å². The number of rotatable bonds is 7. The molecule has 0 bridgehead atoms. The van der Waals surface area contributed by atoms with E-state index >= 15 is 0 Å². The van der Waals surface area contributed by atoms with Gasteiger partial charge in [-0.15, -0.1) is 0 Å². The van der Waals surface area contributed by atoms with Crippen LogP contribution in [0.3, 0.4) is 0 Å². The fraction of sp³-hybridized carbons (Fsp3) is 0.235. The van der Waals surface area contributed by atoms with Crippen LogP contribution in [-0.4, -0.2) is 38.2 Å². The number of pyridine rings is 2. The lowest BCUT2D eigenvalue weighted by molar-refractivity contribution is -0.117. The molecule has 216 valence electrons. The summed E-state index contributed by atoms with van der Waals surface area (Å²) in [6, 6.07) is 16.5. The highest BCUT2D eigenvalue weighted by molar-refractivity contribution is 6.01. The Balaban J connectivity index is 1.20. The third-order valence-electron chi connectivity index (χ3n) is 8.32. The van der Waals surface area contributed by atoms with Gasteiger partial charge >= 0.3 is 0 Å². The molecule has 0 radical (unpaired) electrons. The monoisotopic (exact) mass is 574 g/mol. The lowest BCUT2D eigenvalue weighted by atomic mass is 9.87. The topological polar surface area (TPSA) is 109 Å². The van der Waals surface area contributed by atoms with Crippen molar-refractivity contribution in [2.24, 2.45) is 5.92 Å². The molecule has 1 saturated carbocycles. The molecular weight excluding hydrogens is 543 g/mol. The highest BCUT2D eigenvalue weighted by atomic mass is 19.1. The molecule has 6 aromatic rings. The van der Waals surface area contributed by atoms with Crippen LogP contribution in [-0.2, 0) is 4.79 Å². The molecule has 1 aliphatic carbocycles. The number of aromatic nitrogens is 5. The van der Waals surface area contributed by atoms with E-state index in [1.807, 2.05) is 30.3 Å². The maximum Gasteiger partial charge on any atom is 0.224 e. The predicted molar refractivity (Wildman–Crippen MR) is 166 cm³/mol. The molecule has 7 rings (SSSR count). The van der Waals surface area contributed by atoms with Crippen molar-refractivity contribution in [1.82, 2.24) is 25.1 Å². The highest BCUT2D eigenvalue weighted by Crippen LogP contribution is 2.36. The van der Waals surface area contributed by atoms with E-state index in [4.69, 9.17) is 4.74 Å². The van der Waals surface area contributed by atoms with Crippen LogP contribution >= 0.6 is 0 Å². The van der Waals surface area contributed by atoms with Crippen molar-refractivity contribution in [2.45, 2.75) is 38.5 Å². The van der Waals surface area contributed by atoms with E-state index in [1.165, 1.54) is 38.5 Å². The second-order valence-electron chi connectivity index (χ2n) is 11.2. The number of nitrogens with zero attached hydrogens (tertiary/aromatic N) is 3. The molecule has 1 fully saturated rings. The van der Waals surface area contributed by atoms with Crippen LogP contribution in [0.15, 0.2) is 73.2 Å². The van der Waals surface area contributed by atoms with Gasteiger partial charge in [-0.1, -0.05) is 25.3 Å². The molecule has 4 heterocycles. The second-order valence-corrected chi connectivity index (χ2v) is 11.2. The van der Waals surface area contributed by atoms with E-state index < -0.39 is 0 Å². The minimum atomic E-state index is -0.372. The SMILES string of the molecule is COc1cc(F)cc(-c2ccnc3[nH]c(-c4n[nH]c5ccc(-c6cncc(NC(=O)CC7CCCCC7)c6)cc45)cc23)c1. The van der Waals surface area contributed by atoms with Crippen LogP contribution in [0.25, 0.3) is 55.6 Å². The number of amides is 1. The Kier molecular flexibility index (Phi) is 7.06. The van der Waals surface area contributed by atoms with Crippen molar-refractivity contribution < 1.29 is 13.9 Å². The number of halogens is 1. The van der Waals surface area contributed by atoms with E-state index in [-0.39, 0.29) is 11.7 Å². The Labute approximate surface area is 247 Å². The van der Waals surface area contributed by atoms with Gasteiger partial charge in [-0.05, 0) is 77.9 Å². The van der Waals surface area contributed by atoms with Crippen LogP contribution in [0.4, 0.5) is 10.1 Å². The zero-order chi connectivity index (χ0) is 29.3. The van der Waals surface area contributed by atoms with Crippen LogP contribution in [0.5, 0.6) is 5.75 Å². The molecule has 8 nitrogen and oxygen atoms in total. The zero-order valence-electron chi connectivity index (χ0n) is 23.8. The standard InChI is InChI=1S/C34H31FN6O2/c1-43-26-14-22(12-24(35)16-26)27-9-10-37-34-28(27)17-31(39-34)33-29-15-21(7-8-30(29)40-41-33)23-13-25(19-36-18-23)38-32(42)11-20-5-3-2-4-6-20/h7-10,12-20H,2-6,11H2,1H3,(H,37,39)(H,38,42)(H,40,41). The second kappa shape index (κ2) is 11.3. The molecule has 1 aliphatic rings. The molecule has 0 saturated heterocycles. The number of ether oxygens (including phenoxy) is 1.